The van der Waals surface area contributed by atoms with E-state index in [-0.39, 0.29) is 12.1 Å². The summed E-state index contributed by atoms with van der Waals surface area (Å²) in [5.74, 6) is -1.93. The molecule has 0 fully saturated rings. The van der Waals surface area contributed by atoms with E-state index in [2.05, 4.69) is 0 Å². The van der Waals surface area contributed by atoms with Crippen molar-refractivity contribution in [3.63, 3.8) is 0 Å². The van der Waals surface area contributed by atoms with Gasteiger partial charge in [0.15, 0.2) is 0 Å². The summed E-state index contributed by atoms with van der Waals surface area (Å²) >= 11 is 0. The van der Waals surface area contributed by atoms with Crippen molar-refractivity contribution in [1.82, 2.24) is 4.57 Å². The lowest BCUT2D eigenvalue weighted by Gasteiger charge is -2.12. The maximum Gasteiger partial charge on any atom is 0.419 e. The number of halogens is 4. The lowest BCUT2D eigenvalue weighted by Crippen LogP contribution is -2.11. The standard InChI is InChI=1S/C23H18F4N2O2/c1-31-12-14-5-7-15-20(10-14)29(19-4-2-3-16(21(15)19)22(28)30)11-13-6-8-18(24)17(9-13)23(25,26)27/h2-10H,11-12H2,1H3,(H2,28,30). The maximum atomic E-state index is 13.7. The monoisotopic (exact) mass is 430 g/mol. The molecule has 1 aromatic heterocycles. The number of carbonyl (C=O) groups excluding carboxylic acids is 1. The first-order valence-electron chi connectivity index (χ1n) is 9.39. The van der Waals surface area contributed by atoms with Gasteiger partial charge in [0.05, 0.1) is 17.7 Å². The van der Waals surface area contributed by atoms with Gasteiger partial charge in [-0.25, -0.2) is 4.39 Å². The third-order valence-corrected chi connectivity index (χ3v) is 5.21. The summed E-state index contributed by atoms with van der Waals surface area (Å²) in [4.78, 5) is 12.0. The van der Waals surface area contributed by atoms with Gasteiger partial charge in [0.2, 0.25) is 5.91 Å². The van der Waals surface area contributed by atoms with Crippen molar-refractivity contribution in [1.29, 1.82) is 0 Å². The van der Waals surface area contributed by atoms with E-state index in [0.29, 0.717) is 28.6 Å². The minimum atomic E-state index is -4.80. The summed E-state index contributed by atoms with van der Waals surface area (Å²) in [6.07, 6.45) is -4.80. The van der Waals surface area contributed by atoms with Gasteiger partial charge in [-0.3, -0.25) is 4.79 Å². The molecule has 0 aliphatic rings. The zero-order chi connectivity index (χ0) is 22.3. The number of methoxy groups -OCH3 is 1. The molecule has 31 heavy (non-hydrogen) atoms. The number of hydrogen-bond donors (Lipinski definition) is 1. The van der Waals surface area contributed by atoms with Crippen molar-refractivity contribution in [3.05, 3.63) is 82.7 Å². The number of fused-ring (bicyclic) bond motifs is 3. The van der Waals surface area contributed by atoms with Crippen molar-refractivity contribution >= 4 is 27.7 Å². The van der Waals surface area contributed by atoms with Crippen LogP contribution in [0.5, 0.6) is 0 Å². The van der Waals surface area contributed by atoms with Crippen LogP contribution in [0, 0.1) is 5.82 Å². The first-order chi connectivity index (χ1) is 14.7. The molecule has 1 amide bonds. The number of primary amides is 1. The van der Waals surface area contributed by atoms with Crippen LogP contribution in [0.1, 0.15) is 27.0 Å². The maximum absolute atomic E-state index is 13.7. The van der Waals surface area contributed by atoms with Gasteiger partial charge in [0.1, 0.15) is 5.82 Å². The Morgan fingerprint density at radius 3 is 2.45 bits per heavy atom. The fraction of sp³-hybridized carbons (Fsp3) is 0.174. The van der Waals surface area contributed by atoms with Crippen LogP contribution in [0.2, 0.25) is 0 Å². The predicted octanol–water partition coefficient (Wildman–Crippen LogP) is 5.25. The third kappa shape index (κ3) is 3.74. The van der Waals surface area contributed by atoms with Crippen LogP contribution in [0.4, 0.5) is 17.6 Å². The van der Waals surface area contributed by atoms with Crippen LogP contribution in [-0.2, 0) is 24.1 Å². The van der Waals surface area contributed by atoms with Crippen LogP contribution in [0.3, 0.4) is 0 Å². The van der Waals surface area contributed by atoms with Crippen molar-refractivity contribution in [2.75, 3.05) is 7.11 Å². The summed E-state index contributed by atoms with van der Waals surface area (Å²) in [6, 6.07) is 13.5. The molecular formula is C23H18F4N2O2. The molecule has 0 radical (unpaired) electrons. The molecule has 1 heterocycles. The molecular weight excluding hydrogens is 412 g/mol. The molecule has 0 saturated carbocycles. The number of rotatable bonds is 5. The largest absolute Gasteiger partial charge is 0.419 e. The second kappa shape index (κ2) is 7.70. The van der Waals surface area contributed by atoms with Crippen LogP contribution in [-0.4, -0.2) is 17.6 Å². The molecule has 4 aromatic rings. The number of amides is 1. The summed E-state index contributed by atoms with van der Waals surface area (Å²) in [5, 5.41) is 1.36. The Hall–Kier alpha value is -3.39. The van der Waals surface area contributed by atoms with Crippen molar-refractivity contribution in [2.45, 2.75) is 19.3 Å². The van der Waals surface area contributed by atoms with E-state index < -0.39 is 23.5 Å². The van der Waals surface area contributed by atoms with Crippen LogP contribution >= 0.6 is 0 Å². The van der Waals surface area contributed by atoms with Crippen molar-refractivity contribution < 1.29 is 27.1 Å². The first-order valence-corrected chi connectivity index (χ1v) is 9.39. The number of ether oxygens (including phenoxy) is 1. The van der Waals surface area contributed by atoms with Crippen LogP contribution in [0.25, 0.3) is 21.8 Å². The highest BCUT2D eigenvalue weighted by atomic mass is 19.4. The number of hydrogen-bond acceptors (Lipinski definition) is 2. The van der Waals surface area contributed by atoms with Gasteiger partial charge < -0.3 is 15.0 Å². The van der Waals surface area contributed by atoms with Gasteiger partial charge in [0, 0.05) is 35.5 Å². The Balaban J connectivity index is 1.97. The molecule has 8 heteroatoms. The Bertz CT molecular complexity index is 1310. The second-order valence-electron chi connectivity index (χ2n) is 7.25. The van der Waals surface area contributed by atoms with Gasteiger partial charge in [-0.1, -0.05) is 24.3 Å². The second-order valence-corrected chi connectivity index (χ2v) is 7.25. The van der Waals surface area contributed by atoms with E-state index in [1.807, 2.05) is 18.2 Å². The predicted molar refractivity (Wildman–Crippen MR) is 109 cm³/mol. The van der Waals surface area contributed by atoms with Gasteiger partial charge in [-0.15, -0.1) is 0 Å². The molecule has 0 bridgehead atoms. The Kier molecular flexibility index (Phi) is 5.18. The molecule has 160 valence electrons. The van der Waals surface area contributed by atoms with E-state index in [0.717, 1.165) is 23.1 Å². The molecule has 0 aliphatic carbocycles. The van der Waals surface area contributed by atoms with E-state index in [1.165, 1.54) is 6.07 Å². The zero-order valence-electron chi connectivity index (χ0n) is 16.5. The summed E-state index contributed by atoms with van der Waals surface area (Å²) < 4.78 is 60.3. The first kappa shape index (κ1) is 20.9. The molecule has 2 N–H and O–H groups in total. The van der Waals surface area contributed by atoms with E-state index >= 15 is 0 Å². The zero-order valence-corrected chi connectivity index (χ0v) is 16.5. The van der Waals surface area contributed by atoms with Crippen LogP contribution in [0.15, 0.2) is 54.6 Å². The lowest BCUT2D eigenvalue weighted by atomic mass is 10.0. The number of aromatic nitrogens is 1. The van der Waals surface area contributed by atoms with Crippen LogP contribution < -0.4 is 5.73 Å². The average Bonchev–Trinajstić information content (AvgIpc) is 3.02. The van der Waals surface area contributed by atoms with Gasteiger partial charge in [-0.05, 0) is 41.5 Å². The molecule has 0 aliphatic heterocycles. The number of nitrogens with zero attached hydrogens (tertiary/aromatic N) is 1. The lowest BCUT2D eigenvalue weighted by molar-refractivity contribution is -0.140. The van der Waals surface area contributed by atoms with E-state index in [4.69, 9.17) is 10.5 Å². The van der Waals surface area contributed by atoms with Crippen molar-refractivity contribution in [2.24, 2.45) is 5.73 Å². The summed E-state index contributed by atoms with van der Waals surface area (Å²) in [6.45, 7) is 0.386. The molecule has 0 spiro atoms. The summed E-state index contributed by atoms with van der Waals surface area (Å²) in [5.41, 5.74) is 7.03. The normalized spacial score (nSPS) is 12.0. The van der Waals surface area contributed by atoms with Crippen molar-refractivity contribution in [3.8, 4) is 0 Å². The SMILES string of the molecule is COCc1ccc2c3c(C(N)=O)cccc3n(Cc3ccc(F)c(C(F)(F)F)c3)c2c1. The molecule has 0 unspecified atom stereocenters. The van der Waals surface area contributed by atoms with E-state index in [1.54, 1.807) is 29.9 Å². The van der Waals surface area contributed by atoms with E-state index in [9.17, 15) is 22.4 Å². The fourth-order valence-electron chi connectivity index (χ4n) is 3.89. The topological polar surface area (TPSA) is 57.2 Å². The minimum absolute atomic E-state index is 0.0437. The molecule has 4 nitrogen and oxygen atoms in total. The highest BCUT2D eigenvalue weighted by Crippen LogP contribution is 2.35. The smallest absolute Gasteiger partial charge is 0.380 e. The molecule has 0 atom stereocenters. The van der Waals surface area contributed by atoms with Gasteiger partial charge in [0.25, 0.3) is 0 Å². The Labute approximate surface area is 174 Å². The number of carbonyl (C=O) groups is 1. The molecule has 3 aromatic carbocycles. The Morgan fingerprint density at radius 1 is 1.03 bits per heavy atom. The van der Waals surface area contributed by atoms with Gasteiger partial charge in [-0.2, -0.15) is 13.2 Å². The summed E-state index contributed by atoms with van der Waals surface area (Å²) in [7, 11) is 1.56. The molecule has 4 rings (SSSR count). The number of alkyl halides is 3. The van der Waals surface area contributed by atoms with Gasteiger partial charge >= 0.3 is 6.18 Å². The quantitative estimate of drug-likeness (QED) is 0.440. The highest BCUT2D eigenvalue weighted by Gasteiger charge is 2.34. The minimum Gasteiger partial charge on any atom is -0.380 e. The molecule has 0 saturated heterocycles. The Morgan fingerprint density at radius 2 is 1.77 bits per heavy atom. The third-order valence-electron chi connectivity index (χ3n) is 5.21. The highest BCUT2D eigenvalue weighted by molar-refractivity contribution is 6.17. The average molecular weight is 430 g/mol. The fourth-order valence-corrected chi connectivity index (χ4v) is 3.89. The number of nitrogens with two attached hydrogens (primary N) is 1. The number of benzene rings is 3.